The van der Waals surface area contributed by atoms with Crippen molar-refractivity contribution in [2.75, 3.05) is 20.1 Å². The van der Waals surface area contributed by atoms with E-state index in [4.69, 9.17) is 23.2 Å². The number of carbonyl (C=O) groups excluding carboxylic acids is 1. The van der Waals surface area contributed by atoms with Crippen molar-refractivity contribution in [2.45, 2.75) is 18.1 Å². The van der Waals surface area contributed by atoms with Crippen LogP contribution in [0.1, 0.15) is 27.4 Å². The largest absolute Gasteiger partial charge is 0.417 e. The van der Waals surface area contributed by atoms with Crippen molar-refractivity contribution < 1.29 is 18.0 Å². The van der Waals surface area contributed by atoms with Gasteiger partial charge in [-0.1, -0.05) is 41.4 Å². The van der Waals surface area contributed by atoms with Crippen LogP contribution in [0.5, 0.6) is 0 Å². The summed E-state index contributed by atoms with van der Waals surface area (Å²) < 4.78 is 39.2. The number of likely N-dealkylation sites (N-methyl/N-ethyl adjacent to an activating group) is 1. The lowest BCUT2D eigenvalue weighted by atomic mass is 9.93. The molecule has 0 bridgehead atoms. The van der Waals surface area contributed by atoms with Gasteiger partial charge in [0, 0.05) is 31.1 Å². The van der Waals surface area contributed by atoms with Gasteiger partial charge in [0.25, 0.3) is 5.91 Å². The molecule has 3 rings (SSSR count). The zero-order chi connectivity index (χ0) is 19.8. The molecule has 3 nitrogen and oxygen atoms in total. The number of halogens is 5. The molecule has 1 fully saturated rings. The van der Waals surface area contributed by atoms with Gasteiger partial charge in [-0.05, 0) is 29.8 Å². The minimum absolute atomic E-state index is 0.000732. The van der Waals surface area contributed by atoms with Crippen LogP contribution in [0.3, 0.4) is 0 Å². The zero-order valence-corrected chi connectivity index (χ0v) is 15.9. The van der Waals surface area contributed by atoms with Crippen LogP contribution in [0.4, 0.5) is 13.2 Å². The molecule has 0 radical (unpaired) electrons. The molecule has 1 heterocycles. The molecule has 0 aromatic heterocycles. The Morgan fingerprint density at radius 2 is 1.78 bits per heavy atom. The molecule has 0 spiro atoms. The standard InChI is InChI=1S/C19H17Cl2F3N2O/c1-26(16-10-25-9-14(16)11-5-7-12(20)8-6-11)18(27)13-3-2-4-15(17(13)21)19(22,23)24/h2-8,14,16,25H,9-10H2,1H3/t14-,16+/m1/s1. The molecule has 1 saturated heterocycles. The first kappa shape index (κ1) is 20.0. The van der Waals surface area contributed by atoms with Gasteiger partial charge in [-0.25, -0.2) is 0 Å². The van der Waals surface area contributed by atoms with Crippen LogP contribution in [0.2, 0.25) is 10.0 Å². The third-order valence-corrected chi connectivity index (χ3v) is 5.49. The first-order chi connectivity index (χ1) is 12.7. The first-order valence-corrected chi connectivity index (χ1v) is 9.04. The van der Waals surface area contributed by atoms with Crippen LogP contribution < -0.4 is 5.32 Å². The summed E-state index contributed by atoms with van der Waals surface area (Å²) in [5, 5.41) is 3.27. The van der Waals surface area contributed by atoms with Gasteiger partial charge in [-0.15, -0.1) is 0 Å². The Hall–Kier alpha value is -1.76. The van der Waals surface area contributed by atoms with Gasteiger partial charge in [-0.3, -0.25) is 4.79 Å². The van der Waals surface area contributed by atoms with Crippen LogP contribution in [0, 0.1) is 0 Å². The summed E-state index contributed by atoms with van der Waals surface area (Å²) in [5.74, 6) is -0.542. The first-order valence-electron chi connectivity index (χ1n) is 8.29. The predicted molar refractivity (Wildman–Crippen MR) is 99.4 cm³/mol. The molecule has 0 unspecified atom stereocenters. The quantitative estimate of drug-likeness (QED) is 0.776. The minimum Gasteiger partial charge on any atom is -0.337 e. The van der Waals surface area contributed by atoms with Crippen molar-refractivity contribution >= 4 is 29.1 Å². The summed E-state index contributed by atoms with van der Waals surface area (Å²) in [4.78, 5) is 14.3. The van der Waals surface area contributed by atoms with Gasteiger partial charge in [0.15, 0.2) is 0 Å². The molecular formula is C19H17Cl2F3N2O. The van der Waals surface area contributed by atoms with Crippen molar-refractivity contribution in [1.29, 1.82) is 0 Å². The van der Waals surface area contributed by atoms with Gasteiger partial charge in [0.1, 0.15) is 0 Å². The molecule has 144 valence electrons. The maximum atomic E-state index is 13.1. The third kappa shape index (κ3) is 4.08. The highest BCUT2D eigenvalue weighted by Crippen LogP contribution is 2.37. The fourth-order valence-corrected chi connectivity index (χ4v) is 3.82. The van der Waals surface area contributed by atoms with Crippen molar-refractivity contribution in [1.82, 2.24) is 10.2 Å². The van der Waals surface area contributed by atoms with E-state index in [1.165, 1.54) is 17.0 Å². The Balaban J connectivity index is 1.88. The van der Waals surface area contributed by atoms with Crippen molar-refractivity contribution in [3.05, 3.63) is 69.2 Å². The lowest BCUT2D eigenvalue weighted by Gasteiger charge is -2.30. The Kier molecular flexibility index (Phi) is 5.70. The minimum atomic E-state index is -4.62. The highest BCUT2D eigenvalue weighted by Gasteiger charge is 2.37. The maximum absolute atomic E-state index is 13.1. The van der Waals surface area contributed by atoms with E-state index in [0.29, 0.717) is 18.1 Å². The van der Waals surface area contributed by atoms with E-state index >= 15 is 0 Å². The summed E-state index contributed by atoms with van der Waals surface area (Å²) in [6, 6.07) is 10.5. The van der Waals surface area contributed by atoms with Crippen molar-refractivity contribution in [3.8, 4) is 0 Å². The lowest BCUT2D eigenvalue weighted by Crippen LogP contribution is -2.41. The number of hydrogen-bond donors (Lipinski definition) is 1. The lowest BCUT2D eigenvalue weighted by molar-refractivity contribution is -0.137. The Morgan fingerprint density at radius 3 is 2.41 bits per heavy atom. The van der Waals surface area contributed by atoms with E-state index < -0.39 is 22.7 Å². The van der Waals surface area contributed by atoms with E-state index in [1.54, 1.807) is 19.2 Å². The molecule has 2 atom stereocenters. The number of nitrogens with one attached hydrogen (secondary N) is 1. The van der Waals surface area contributed by atoms with Crippen LogP contribution in [-0.4, -0.2) is 37.0 Å². The summed E-state index contributed by atoms with van der Waals surface area (Å²) in [7, 11) is 1.58. The maximum Gasteiger partial charge on any atom is 0.417 e. The third-order valence-electron chi connectivity index (χ3n) is 4.83. The number of amides is 1. The topological polar surface area (TPSA) is 32.3 Å². The molecular weight excluding hydrogens is 400 g/mol. The zero-order valence-electron chi connectivity index (χ0n) is 14.4. The number of hydrogen-bond acceptors (Lipinski definition) is 2. The number of nitrogens with zero attached hydrogens (tertiary/aromatic N) is 1. The number of rotatable bonds is 3. The fraction of sp³-hybridized carbons (Fsp3) is 0.316. The van der Waals surface area contributed by atoms with E-state index in [0.717, 1.165) is 11.6 Å². The molecule has 2 aromatic rings. The van der Waals surface area contributed by atoms with E-state index in [-0.39, 0.29) is 17.5 Å². The SMILES string of the molecule is CN(C(=O)c1cccc(C(F)(F)F)c1Cl)[C@H]1CNC[C@@H]1c1ccc(Cl)cc1. The summed E-state index contributed by atoms with van der Waals surface area (Å²) >= 11 is 11.8. The van der Waals surface area contributed by atoms with Gasteiger partial charge in [0.2, 0.25) is 0 Å². The molecule has 27 heavy (non-hydrogen) atoms. The molecule has 1 N–H and O–H groups in total. The molecule has 1 aliphatic rings. The van der Waals surface area contributed by atoms with Crippen molar-refractivity contribution in [3.63, 3.8) is 0 Å². The second kappa shape index (κ2) is 7.70. The van der Waals surface area contributed by atoms with E-state index in [9.17, 15) is 18.0 Å². The predicted octanol–water partition coefficient (Wildman–Crippen LogP) is 4.84. The Morgan fingerprint density at radius 1 is 1.11 bits per heavy atom. The molecule has 8 heteroatoms. The summed E-state index contributed by atoms with van der Waals surface area (Å²) in [6.45, 7) is 1.19. The molecule has 1 aliphatic heterocycles. The van der Waals surface area contributed by atoms with Crippen LogP contribution >= 0.6 is 23.2 Å². The van der Waals surface area contributed by atoms with Crippen molar-refractivity contribution in [2.24, 2.45) is 0 Å². The van der Waals surface area contributed by atoms with Gasteiger partial charge in [-0.2, -0.15) is 13.2 Å². The Bertz CT molecular complexity index is 840. The van der Waals surface area contributed by atoms with Gasteiger partial charge in [0.05, 0.1) is 22.2 Å². The van der Waals surface area contributed by atoms with Crippen LogP contribution in [0.15, 0.2) is 42.5 Å². The smallest absolute Gasteiger partial charge is 0.337 e. The molecule has 2 aromatic carbocycles. The summed E-state index contributed by atoms with van der Waals surface area (Å²) in [5.41, 5.74) is -0.165. The molecule has 0 saturated carbocycles. The average Bonchev–Trinajstić information content (AvgIpc) is 3.10. The second-order valence-corrected chi connectivity index (χ2v) is 7.28. The highest BCUT2D eigenvalue weighted by atomic mass is 35.5. The highest BCUT2D eigenvalue weighted by molar-refractivity contribution is 6.34. The van der Waals surface area contributed by atoms with Crippen LogP contribution in [-0.2, 0) is 6.18 Å². The van der Waals surface area contributed by atoms with Gasteiger partial charge >= 0.3 is 6.18 Å². The fourth-order valence-electron chi connectivity index (χ4n) is 3.38. The second-order valence-electron chi connectivity index (χ2n) is 6.46. The summed E-state index contributed by atoms with van der Waals surface area (Å²) in [6.07, 6.45) is -4.62. The number of carbonyl (C=O) groups is 1. The molecule has 1 amide bonds. The number of alkyl halides is 3. The van der Waals surface area contributed by atoms with E-state index in [2.05, 4.69) is 5.32 Å². The van der Waals surface area contributed by atoms with Crippen LogP contribution in [0.25, 0.3) is 0 Å². The normalized spacial score (nSPS) is 19.9. The van der Waals surface area contributed by atoms with Gasteiger partial charge < -0.3 is 10.2 Å². The average molecular weight is 417 g/mol. The molecule has 0 aliphatic carbocycles. The monoisotopic (exact) mass is 416 g/mol. The van der Waals surface area contributed by atoms with E-state index in [1.807, 2.05) is 12.1 Å². The Labute approximate surface area is 165 Å². The number of benzene rings is 2.